The summed E-state index contributed by atoms with van der Waals surface area (Å²) in [5, 5.41) is 3.58. The van der Waals surface area contributed by atoms with Crippen LogP contribution in [0.15, 0.2) is 76.2 Å². The van der Waals surface area contributed by atoms with E-state index in [1.54, 1.807) is 36.4 Å². The number of carbonyl (C=O) groups is 1. The normalized spacial score (nSPS) is 11.7. The van der Waals surface area contributed by atoms with Crippen LogP contribution in [0, 0.1) is 0 Å². The molecule has 0 bridgehead atoms. The van der Waals surface area contributed by atoms with Crippen LogP contribution in [-0.4, -0.2) is 14.3 Å². The topological polar surface area (TPSA) is 88.4 Å². The van der Waals surface area contributed by atoms with Gasteiger partial charge in [-0.25, -0.2) is 13.1 Å². The summed E-state index contributed by atoms with van der Waals surface area (Å²) in [6.07, 6.45) is 4.35. The fourth-order valence-electron chi connectivity index (χ4n) is 2.37. The molecule has 9 heteroatoms. The smallest absolute Gasteiger partial charge is 0.248 e. The minimum absolute atomic E-state index is 0.0475. The van der Waals surface area contributed by atoms with E-state index in [9.17, 15) is 13.2 Å². The molecule has 0 radical (unpaired) electrons. The predicted octanol–water partition coefficient (Wildman–Crippen LogP) is 4.72. The second-order valence-corrected chi connectivity index (χ2v) is 8.53. The van der Waals surface area contributed by atoms with Crippen molar-refractivity contribution in [3.8, 4) is 0 Å². The van der Waals surface area contributed by atoms with Crippen molar-refractivity contribution in [3.63, 3.8) is 0 Å². The molecule has 0 fully saturated rings. The van der Waals surface area contributed by atoms with E-state index in [4.69, 9.17) is 27.6 Å². The lowest BCUT2D eigenvalue weighted by Gasteiger charge is -2.07. The summed E-state index contributed by atoms with van der Waals surface area (Å²) in [6.45, 7) is 0.0475. The van der Waals surface area contributed by atoms with Crippen molar-refractivity contribution in [2.75, 3.05) is 5.32 Å². The highest BCUT2D eigenvalue weighted by atomic mass is 35.5. The highest BCUT2D eigenvalue weighted by Gasteiger charge is 2.14. The molecule has 0 aliphatic heterocycles. The second-order valence-electron chi connectivity index (χ2n) is 5.92. The summed E-state index contributed by atoms with van der Waals surface area (Å²) < 4.78 is 32.1. The zero-order valence-corrected chi connectivity index (χ0v) is 17.3. The molecule has 1 aromatic heterocycles. The van der Waals surface area contributed by atoms with Gasteiger partial charge >= 0.3 is 0 Å². The Morgan fingerprint density at radius 1 is 1.07 bits per heavy atom. The molecule has 0 aliphatic carbocycles. The highest BCUT2D eigenvalue weighted by molar-refractivity contribution is 7.89. The molecule has 0 unspecified atom stereocenters. The second kappa shape index (κ2) is 9.28. The molecule has 1 heterocycles. The van der Waals surface area contributed by atoms with E-state index < -0.39 is 10.0 Å². The van der Waals surface area contributed by atoms with E-state index in [1.165, 1.54) is 36.6 Å². The van der Waals surface area contributed by atoms with Gasteiger partial charge in [0.1, 0.15) is 5.76 Å². The molecule has 2 N–H and O–H groups in total. The Balaban J connectivity index is 1.60. The van der Waals surface area contributed by atoms with Gasteiger partial charge in [-0.15, -0.1) is 0 Å². The maximum atomic E-state index is 12.3. The van der Waals surface area contributed by atoms with E-state index >= 15 is 0 Å². The quantitative estimate of drug-likeness (QED) is 0.509. The number of sulfonamides is 1. The average Bonchev–Trinajstić information content (AvgIpc) is 3.20. The third kappa shape index (κ3) is 5.95. The van der Waals surface area contributed by atoms with Crippen LogP contribution in [0.4, 0.5) is 5.69 Å². The van der Waals surface area contributed by atoms with Crippen molar-refractivity contribution in [1.82, 2.24) is 4.72 Å². The fourth-order valence-corrected chi connectivity index (χ4v) is 3.83. The van der Waals surface area contributed by atoms with Gasteiger partial charge in [0.25, 0.3) is 0 Å². The number of benzene rings is 2. The van der Waals surface area contributed by atoms with Crippen molar-refractivity contribution in [1.29, 1.82) is 0 Å². The van der Waals surface area contributed by atoms with Crippen LogP contribution >= 0.6 is 23.2 Å². The molecule has 3 aromatic rings. The number of hydrogen-bond acceptors (Lipinski definition) is 4. The first-order valence-electron chi connectivity index (χ1n) is 8.40. The van der Waals surface area contributed by atoms with Gasteiger partial charge in [0, 0.05) is 21.8 Å². The number of hydrogen-bond donors (Lipinski definition) is 2. The lowest BCUT2D eigenvalue weighted by atomic mass is 10.2. The monoisotopic (exact) mass is 450 g/mol. The first-order chi connectivity index (χ1) is 13.8. The van der Waals surface area contributed by atoms with Crippen LogP contribution in [0.5, 0.6) is 0 Å². The summed E-state index contributed by atoms with van der Waals surface area (Å²) >= 11 is 11.9. The summed E-state index contributed by atoms with van der Waals surface area (Å²) in [6, 6.07) is 14.1. The molecule has 3 rings (SSSR count). The number of furan rings is 1. The van der Waals surface area contributed by atoms with Crippen LogP contribution in [0.1, 0.15) is 11.3 Å². The number of anilines is 1. The summed E-state index contributed by atoms with van der Waals surface area (Å²) in [4.78, 5) is 12.1. The lowest BCUT2D eigenvalue weighted by molar-refractivity contribution is -0.111. The number of carbonyl (C=O) groups excluding carboxylic acids is 1. The summed E-state index contributed by atoms with van der Waals surface area (Å²) in [7, 11) is -3.70. The molecule has 1 amide bonds. The largest absolute Gasteiger partial charge is 0.468 e. The van der Waals surface area contributed by atoms with Gasteiger partial charge in [0.05, 0.1) is 17.7 Å². The van der Waals surface area contributed by atoms with Crippen LogP contribution in [0.3, 0.4) is 0 Å². The van der Waals surface area contributed by atoms with Crippen molar-refractivity contribution < 1.29 is 17.6 Å². The Kier molecular flexibility index (Phi) is 6.76. The SMILES string of the molecule is O=C(C=Cc1ccc(Cl)cc1Cl)Nc1ccc(S(=O)(=O)NCc2ccco2)cc1. The maximum Gasteiger partial charge on any atom is 0.248 e. The van der Waals surface area contributed by atoms with Crippen LogP contribution in [0.25, 0.3) is 6.08 Å². The molecular formula is C20H16Cl2N2O4S. The number of halogens is 2. The Morgan fingerprint density at radius 2 is 1.83 bits per heavy atom. The lowest BCUT2D eigenvalue weighted by Crippen LogP contribution is -2.23. The van der Waals surface area contributed by atoms with Gasteiger partial charge in [-0.1, -0.05) is 29.3 Å². The van der Waals surface area contributed by atoms with Crippen molar-refractivity contribution in [3.05, 3.63) is 88.3 Å². The average molecular weight is 451 g/mol. The van der Waals surface area contributed by atoms with Gasteiger partial charge in [0.15, 0.2) is 0 Å². The van der Waals surface area contributed by atoms with Crippen molar-refractivity contribution in [2.24, 2.45) is 0 Å². The van der Waals surface area contributed by atoms with Crippen LogP contribution < -0.4 is 10.0 Å². The van der Waals surface area contributed by atoms with Crippen LogP contribution in [0.2, 0.25) is 10.0 Å². The number of rotatable bonds is 7. The third-order valence-corrected chi connectivity index (χ3v) is 5.81. The fraction of sp³-hybridized carbons (Fsp3) is 0.0500. The van der Waals surface area contributed by atoms with Crippen molar-refractivity contribution >= 4 is 50.9 Å². The first-order valence-corrected chi connectivity index (χ1v) is 10.6. The standard InChI is InChI=1S/C20H16Cl2N2O4S/c21-15-5-3-14(19(22)12-15)4-10-20(25)24-16-6-8-18(9-7-16)29(26,27)23-13-17-2-1-11-28-17/h1-12,23H,13H2,(H,24,25). The van der Waals surface area contributed by atoms with E-state index in [0.717, 1.165) is 0 Å². The Hall–Kier alpha value is -2.58. The molecule has 2 aromatic carbocycles. The zero-order chi connectivity index (χ0) is 20.9. The molecule has 0 saturated heterocycles. The van der Waals surface area contributed by atoms with Crippen molar-refractivity contribution in [2.45, 2.75) is 11.4 Å². The third-order valence-electron chi connectivity index (χ3n) is 3.83. The highest BCUT2D eigenvalue weighted by Crippen LogP contribution is 2.22. The van der Waals surface area contributed by atoms with E-state index in [0.29, 0.717) is 27.1 Å². The minimum Gasteiger partial charge on any atom is -0.468 e. The predicted molar refractivity (Wildman–Crippen MR) is 113 cm³/mol. The Labute approximate surface area is 178 Å². The van der Waals surface area contributed by atoms with Gasteiger partial charge in [-0.2, -0.15) is 0 Å². The molecular weight excluding hydrogens is 435 g/mol. The van der Waals surface area contributed by atoms with E-state index in [2.05, 4.69) is 10.0 Å². The van der Waals surface area contributed by atoms with Gasteiger partial charge < -0.3 is 9.73 Å². The Bertz CT molecular complexity index is 1130. The molecule has 0 spiro atoms. The van der Waals surface area contributed by atoms with E-state index in [1.807, 2.05) is 0 Å². The maximum absolute atomic E-state index is 12.3. The molecule has 0 aliphatic rings. The molecule has 0 atom stereocenters. The molecule has 29 heavy (non-hydrogen) atoms. The van der Waals surface area contributed by atoms with Crippen LogP contribution in [-0.2, 0) is 21.4 Å². The van der Waals surface area contributed by atoms with Gasteiger partial charge in [-0.05, 0) is 60.2 Å². The molecule has 0 saturated carbocycles. The van der Waals surface area contributed by atoms with Gasteiger partial charge in [-0.3, -0.25) is 4.79 Å². The number of nitrogens with one attached hydrogen (secondary N) is 2. The first kappa shape index (κ1) is 21.1. The number of amides is 1. The molecule has 6 nitrogen and oxygen atoms in total. The summed E-state index contributed by atoms with van der Waals surface area (Å²) in [5.41, 5.74) is 1.10. The minimum atomic E-state index is -3.70. The summed E-state index contributed by atoms with van der Waals surface area (Å²) in [5.74, 6) is 0.118. The van der Waals surface area contributed by atoms with E-state index in [-0.39, 0.29) is 17.3 Å². The Morgan fingerprint density at radius 3 is 2.48 bits per heavy atom. The zero-order valence-electron chi connectivity index (χ0n) is 14.9. The molecule has 150 valence electrons. The van der Waals surface area contributed by atoms with Gasteiger partial charge in [0.2, 0.25) is 15.9 Å².